The molecule has 3 N–H and O–H groups in total. The Bertz CT molecular complexity index is 402. The first-order valence-electron chi connectivity index (χ1n) is 6.07. The molecule has 0 amide bonds. The van der Waals surface area contributed by atoms with E-state index in [1.54, 1.807) is 0 Å². The minimum Gasteiger partial charge on any atom is -0.398 e. The second-order valence-corrected chi connectivity index (χ2v) is 5.23. The normalized spacial score (nSPS) is 15.3. The molecule has 1 aromatic carbocycles. The molecule has 4 heteroatoms. The van der Waals surface area contributed by atoms with Crippen LogP contribution in [-0.4, -0.2) is 31.1 Å². The number of rotatable bonds is 5. The molecule has 1 aliphatic rings. The summed E-state index contributed by atoms with van der Waals surface area (Å²) >= 11 is 6.01. The van der Waals surface area contributed by atoms with Crippen LogP contribution in [0.1, 0.15) is 18.4 Å². The van der Waals surface area contributed by atoms with Gasteiger partial charge in [-0.25, -0.2) is 0 Å². The van der Waals surface area contributed by atoms with Crippen molar-refractivity contribution in [2.75, 3.05) is 31.2 Å². The maximum Gasteiger partial charge on any atom is 0.0656 e. The summed E-state index contributed by atoms with van der Waals surface area (Å²) < 4.78 is 0. The summed E-state index contributed by atoms with van der Waals surface area (Å²) in [5.41, 5.74) is 8.61. The van der Waals surface area contributed by atoms with Crippen molar-refractivity contribution in [3.63, 3.8) is 0 Å². The predicted molar refractivity (Wildman–Crippen MR) is 74.7 cm³/mol. The van der Waals surface area contributed by atoms with Crippen LogP contribution >= 0.6 is 11.6 Å². The maximum absolute atomic E-state index is 6.01. The molecule has 0 spiro atoms. The van der Waals surface area contributed by atoms with Crippen molar-refractivity contribution in [3.8, 4) is 0 Å². The quantitative estimate of drug-likeness (QED) is 0.793. The Kier molecular flexibility index (Phi) is 3.79. The molecule has 1 aromatic rings. The van der Waals surface area contributed by atoms with Gasteiger partial charge in [0.2, 0.25) is 0 Å². The molecule has 0 unspecified atom stereocenters. The molecule has 0 aromatic heterocycles. The van der Waals surface area contributed by atoms with Crippen LogP contribution in [0.4, 0.5) is 11.4 Å². The Morgan fingerprint density at radius 2 is 2.18 bits per heavy atom. The number of nitrogens with one attached hydrogen (secondary N) is 1. The van der Waals surface area contributed by atoms with Gasteiger partial charge in [0.1, 0.15) is 0 Å². The van der Waals surface area contributed by atoms with E-state index >= 15 is 0 Å². The van der Waals surface area contributed by atoms with Gasteiger partial charge in [0.05, 0.1) is 10.7 Å². The van der Waals surface area contributed by atoms with E-state index in [-0.39, 0.29) is 0 Å². The minimum absolute atomic E-state index is 0.619. The number of halogens is 1. The van der Waals surface area contributed by atoms with Crippen LogP contribution in [0.3, 0.4) is 0 Å². The van der Waals surface area contributed by atoms with Crippen molar-refractivity contribution in [1.29, 1.82) is 0 Å². The summed E-state index contributed by atoms with van der Waals surface area (Å²) in [7, 11) is 2.18. The van der Waals surface area contributed by atoms with E-state index in [0.29, 0.717) is 10.7 Å². The maximum atomic E-state index is 6.01. The SMILES string of the molecule is Cc1cc(N)c(Cl)cc1NCCN(C)C1CC1. The van der Waals surface area contributed by atoms with Gasteiger partial charge in [-0.1, -0.05) is 11.6 Å². The molecule has 0 heterocycles. The molecule has 2 rings (SSSR count). The summed E-state index contributed by atoms with van der Waals surface area (Å²) in [5, 5.41) is 4.03. The fourth-order valence-corrected chi connectivity index (χ4v) is 2.12. The average Bonchev–Trinajstić information content (AvgIpc) is 3.09. The highest BCUT2D eigenvalue weighted by atomic mass is 35.5. The molecular weight excluding hydrogens is 234 g/mol. The lowest BCUT2D eigenvalue weighted by molar-refractivity contribution is 0.337. The van der Waals surface area contributed by atoms with Gasteiger partial charge in [-0.3, -0.25) is 0 Å². The molecule has 0 atom stereocenters. The van der Waals surface area contributed by atoms with Crippen molar-refractivity contribution in [2.45, 2.75) is 25.8 Å². The van der Waals surface area contributed by atoms with Gasteiger partial charge < -0.3 is 16.0 Å². The monoisotopic (exact) mass is 253 g/mol. The van der Waals surface area contributed by atoms with E-state index in [0.717, 1.165) is 30.4 Å². The van der Waals surface area contributed by atoms with Crippen LogP contribution in [0.2, 0.25) is 5.02 Å². The third-order valence-corrected chi connectivity index (χ3v) is 3.62. The number of nitrogen functional groups attached to an aromatic ring is 1. The lowest BCUT2D eigenvalue weighted by Crippen LogP contribution is -2.27. The van der Waals surface area contributed by atoms with E-state index in [9.17, 15) is 0 Å². The van der Waals surface area contributed by atoms with Gasteiger partial charge in [-0.15, -0.1) is 0 Å². The second kappa shape index (κ2) is 5.15. The average molecular weight is 254 g/mol. The lowest BCUT2D eigenvalue weighted by Gasteiger charge is -2.17. The highest BCUT2D eigenvalue weighted by molar-refractivity contribution is 6.33. The molecule has 94 valence electrons. The Hall–Kier alpha value is -0.930. The largest absolute Gasteiger partial charge is 0.398 e. The molecule has 17 heavy (non-hydrogen) atoms. The number of nitrogens with two attached hydrogens (primary N) is 1. The molecule has 3 nitrogen and oxygen atoms in total. The van der Waals surface area contributed by atoms with E-state index in [2.05, 4.69) is 17.3 Å². The van der Waals surface area contributed by atoms with Crippen LogP contribution in [-0.2, 0) is 0 Å². The number of likely N-dealkylation sites (N-methyl/N-ethyl adjacent to an activating group) is 1. The van der Waals surface area contributed by atoms with E-state index in [4.69, 9.17) is 17.3 Å². The minimum atomic E-state index is 0.619. The Morgan fingerprint density at radius 1 is 1.47 bits per heavy atom. The highest BCUT2D eigenvalue weighted by Crippen LogP contribution is 2.27. The number of hydrogen-bond donors (Lipinski definition) is 2. The first kappa shape index (κ1) is 12.5. The smallest absolute Gasteiger partial charge is 0.0656 e. The fourth-order valence-electron chi connectivity index (χ4n) is 1.96. The van der Waals surface area contributed by atoms with Crippen molar-refractivity contribution in [1.82, 2.24) is 4.90 Å². The zero-order valence-electron chi connectivity index (χ0n) is 10.5. The molecule has 0 aliphatic heterocycles. The number of benzene rings is 1. The predicted octanol–water partition coefficient (Wildman–Crippen LogP) is 2.74. The zero-order chi connectivity index (χ0) is 12.4. The Balaban J connectivity index is 1.87. The van der Waals surface area contributed by atoms with Gasteiger partial charge in [0.25, 0.3) is 0 Å². The topological polar surface area (TPSA) is 41.3 Å². The van der Waals surface area contributed by atoms with Crippen molar-refractivity contribution in [2.24, 2.45) is 0 Å². The molecule has 1 aliphatic carbocycles. The fraction of sp³-hybridized carbons (Fsp3) is 0.538. The summed E-state index contributed by atoms with van der Waals surface area (Å²) in [6.07, 6.45) is 2.70. The molecule has 0 saturated heterocycles. The number of nitrogens with zero attached hydrogens (tertiary/aromatic N) is 1. The van der Waals surface area contributed by atoms with Crippen LogP contribution in [0, 0.1) is 6.92 Å². The Labute approximate surface area is 108 Å². The van der Waals surface area contributed by atoms with Crippen LogP contribution in [0.5, 0.6) is 0 Å². The van der Waals surface area contributed by atoms with Crippen molar-refractivity contribution < 1.29 is 0 Å². The zero-order valence-corrected chi connectivity index (χ0v) is 11.2. The first-order valence-corrected chi connectivity index (χ1v) is 6.45. The Morgan fingerprint density at radius 3 is 2.82 bits per heavy atom. The summed E-state index contributed by atoms with van der Waals surface area (Å²) in [6.45, 7) is 4.04. The molecule has 1 saturated carbocycles. The van der Waals surface area contributed by atoms with E-state index in [1.807, 2.05) is 19.1 Å². The lowest BCUT2D eigenvalue weighted by atomic mass is 10.2. The third kappa shape index (κ3) is 3.27. The third-order valence-electron chi connectivity index (χ3n) is 3.29. The summed E-state index contributed by atoms with van der Waals surface area (Å²) in [5.74, 6) is 0. The number of aryl methyl sites for hydroxylation is 1. The second-order valence-electron chi connectivity index (χ2n) is 4.83. The highest BCUT2D eigenvalue weighted by Gasteiger charge is 2.25. The van der Waals surface area contributed by atoms with Crippen molar-refractivity contribution >= 4 is 23.0 Å². The van der Waals surface area contributed by atoms with Gasteiger partial charge in [-0.05, 0) is 44.5 Å². The molecule has 0 bridgehead atoms. The van der Waals surface area contributed by atoms with Crippen LogP contribution in [0.25, 0.3) is 0 Å². The molecular formula is C13H20ClN3. The van der Waals surface area contributed by atoms with Crippen molar-refractivity contribution in [3.05, 3.63) is 22.7 Å². The van der Waals surface area contributed by atoms with Gasteiger partial charge in [-0.2, -0.15) is 0 Å². The van der Waals surface area contributed by atoms with Gasteiger partial charge >= 0.3 is 0 Å². The van der Waals surface area contributed by atoms with Crippen LogP contribution in [0.15, 0.2) is 12.1 Å². The first-order chi connectivity index (χ1) is 8.08. The van der Waals surface area contributed by atoms with Gasteiger partial charge in [0, 0.05) is 24.8 Å². The van der Waals surface area contributed by atoms with Gasteiger partial charge in [0.15, 0.2) is 0 Å². The van der Waals surface area contributed by atoms with Crippen LogP contribution < -0.4 is 11.1 Å². The summed E-state index contributed by atoms with van der Waals surface area (Å²) in [6, 6.07) is 4.63. The van der Waals surface area contributed by atoms with E-state index < -0.39 is 0 Å². The van der Waals surface area contributed by atoms with E-state index in [1.165, 1.54) is 12.8 Å². The number of hydrogen-bond acceptors (Lipinski definition) is 3. The summed E-state index contributed by atoms with van der Waals surface area (Å²) in [4.78, 5) is 2.40. The molecule has 0 radical (unpaired) electrons. The number of anilines is 2. The standard InChI is InChI=1S/C13H20ClN3/c1-9-7-12(15)11(14)8-13(9)16-5-6-17(2)10-3-4-10/h7-8,10,16H,3-6,15H2,1-2H3. The molecule has 1 fully saturated rings.